The summed E-state index contributed by atoms with van der Waals surface area (Å²) in [4.78, 5) is 9.25. The third-order valence-corrected chi connectivity index (χ3v) is 3.85. The molecule has 0 aromatic carbocycles. The van der Waals surface area contributed by atoms with Crippen molar-refractivity contribution >= 4 is 11.6 Å². The van der Waals surface area contributed by atoms with Crippen molar-refractivity contribution in [1.29, 1.82) is 0 Å². The largest absolute Gasteiger partial charge is 0.370 e. The number of aromatic nitrogens is 2. The molecule has 0 atom stereocenters. The monoisotopic (exact) mass is 276 g/mol. The Kier molecular flexibility index (Phi) is 4.84. The summed E-state index contributed by atoms with van der Waals surface area (Å²) in [7, 11) is 0. The van der Waals surface area contributed by atoms with Gasteiger partial charge in [0.05, 0.1) is 0 Å². The van der Waals surface area contributed by atoms with Crippen molar-refractivity contribution in [2.75, 3.05) is 17.2 Å². The van der Waals surface area contributed by atoms with Crippen molar-refractivity contribution in [2.24, 2.45) is 5.92 Å². The van der Waals surface area contributed by atoms with E-state index in [-0.39, 0.29) is 5.54 Å². The van der Waals surface area contributed by atoms with E-state index in [1.165, 1.54) is 12.8 Å². The Balaban J connectivity index is 2.14. The molecule has 4 nitrogen and oxygen atoms in total. The summed E-state index contributed by atoms with van der Waals surface area (Å²) in [5.41, 5.74) is 0.125. The molecule has 1 aliphatic rings. The van der Waals surface area contributed by atoms with Crippen molar-refractivity contribution < 1.29 is 0 Å². The van der Waals surface area contributed by atoms with E-state index in [2.05, 4.69) is 48.3 Å². The Morgan fingerprint density at radius 1 is 1.15 bits per heavy atom. The van der Waals surface area contributed by atoms with Crippen molar-refractivity contribution in [1.82, 2.24) is 9.97 Å². The second kappa shape index (κ2) is 6.42. The first kappa shape index (κ1) is 15.1. The smallest absolute Gasteiger partial charge is 0.133 e. The van der Waals surface area contributed by atoms with Crippen LogP contribution in [0.4, 0.5) is 11.6 Å². The van der Waals surface area contributed by atoms with Crippen LogP contribution in [0.1, 0.15) is 59.2 Å². The molecule has 0 spiro atoms. The zero-order valence-electron chi connectivity index (χ0n) is 13.3. The van der Waals surface area contributed by atoms with Crippen LogP contribution in [-0.2, 0) is 6.42 Å². The highest BCUT2D eigenvalue weighted by Crippen LogP contribution is 2.40. The lowest BCUT2D eigenvalue weighted by Crippen LogP contribution is -2.33. The zero-order valence-corrected chi connectivity index (χ0v) is 13.3. The molecule has 1 heterocycles. The molecule has 4 heteroatoms. The fourth-order valence-electron chi connectivity index (χ4n) is 2.48. The molecule has 0 unspecified atom stereocenters. The summed E-state index contributed by atoms with van der Waals surface area (Å²) in [6.45, 7) is 9.82. The summed E-state index contributed by atoms with van der Waals surface area (Å²) < 4.78 is 0. The summed E-state index contributed by atoms with van der Waals surface area (Å²) in [6, 6.07) is 2.04. The van der Waals surface area contributed by atoms with Gasteiger partial charge in [-0.05, 0) is 45.4 Å². The van der Waals surface area contributed by atoms with Gasteiger partial charge in [-0.25, -0.2) is 9.97 Å². The van der Waals surface area contributed by atoms with Crippen molar-refractivity contribution in [3.8, 4) is 0 Å². The van der Waals surface area contributed by atoms with Crippen molar-refractivity contribution in [3.63, 3.8) is 0 Å². The van der Waals surface area contributed by atoms with Gasteiger partial charge in [0, 0.05) is 24.6 Å². The van der Waals surface area contributed by atoms with E-state index < -0.39 is 0 Å². The molecule has 20 heavy (non-hydrogen) atoms. The summed E-state index contributed by atoms with van der Waals surface area (Å²) >= 11 is 0. The van der Waals surface area contributed by atoms with Gasteiger partial charge in [0.1, 0.15) is 17.5 Å². The van der Waals surface area contributed by atoms with Crippen LogP contribution in [0.3, 0.4) is 0 Å². The molecule has 2 N–H and O–H groups in total. The van der Waals surface area contributed by atoms with Crippen LogP contribution in [0.25, 0.3) is 0 Å². The van der Waals surface area contributed by atoms with Gasteiger partial charge in [-0.15, -0.1) is 0 Å². The third-order valence-electron chi connectivity index (χ3n) is 3.85. The normalized spacial score (nSPS) is 15.2. The van der Waals surface area contributed by atoms with Crippen LogP contribution in [0.2, 0.25) is 0 Å². The topological polar surface area (TPSA) is 49.8 Å². The minimum atomic E-state index is 0.125. The van der Waals surface area contributed by atoms with Gasteiger partial charge in [0.15, 0.2) is 0 Å². The molecule has 1 fully saturated rings. The SMILES string of the molecule is CCCNc1cc(NC(C)(C)C2CC2)nc(CCC)n1. The molecule has 0 saturated heterocycles. The Bertz CT molecular complexity index is 438. The number of aryl methyl sites for hydroxylation is 1. The number of nitrogens with one attached hydrogen (secondary N) is 2. The predicted molar refractivity (Wildman–Crippen MR) is 85.2 cm³/mol. The Morgan fingerprint density at radius 3 is 2.45 bits per heavy atom. The summed E-state index contributed by atoms with van der Waals surface area (Å²) in [6.07, 6.45) is 5.76. The molecule has 0 aliphatic heterocycles. The molecule has 1 aliphatic carbocycles. The molecule has 1 aromatic rings. The number of rotatable bonds is 8. The van der Waals surface area contributed by atoms with E-state index in [0.717, 1.165) is 49.2 Å². The van der Waals surface area contributed by atoms with Crippen molar-refractivity contribution in [2.45, 2.75) is 65.3 Å². The molecular formula is C16H28N4. The Hall–Kier alpha value is -1.32. The highest BCUT2D eigenvalue weighted by molar-refractivity contribution is 5.49. The average molecular weight is 276 g/mol. The zero-order chi connectivity index (χ0) is 14.6. The molecule has 0 bridgehead atoms. The highest BCUT2D eigenvalue weighted by Gasteiger charge is 2.37. The van der Waals surface area contributed by atoms with Crippen LogP contribution >= 0.6 is 0 Å². The lowest BCUT2D eigenvalue weighted by molar-refractivity contribution is 0.492. The molecule has 1 aromatic heterocycles. The Morgan fingerprint density at radius 2 is 1.85 bits per heavy atom. The van der Waals surface area contributed by atoms with E-state index in [1.54, 1.807) is 0 Å². The molecule has 2 rings (SSSR count). The summed E-state index contributed by atoms with van der Waals surface area (Å²) in [5, 5.41) is 6.98. The lowest BCUT2D eigenvalue weighted by atomic mass is 9.99. The van der Waals surface area contributed by atoms with E-state index >= 15 is 0 Å². The standard InChI is InChI=1S/C16H28N4/c1-5-7-13-18-14(17-10-6-2)11-15(19-13)20-16(3,4)12-8-9-12/h11-12H,5-10H2,1-4H3,(H2,17,18,19,20). The fourth-order valence-corrected chi connectivity index (χ4v) is 2.48. The highest BCUT2D eigenvalue weighted by atomic mass is 15.1. The van der Waals surface area contributed by atoms with Crippen LogP contribution in [-0.4, -0.2) is 22.1 Å². The molecule has 1 saturated carbocycles. The van der Waals surface area contributed by atoms with Gasteiger partial charge < -0.3 is 10.6 Å². The first-order valence-electron chi connectivity index (χ1n) is 7.95. The van der Waals surface area contributed by atoms with Crippen molar-refractivity contribution in [3.05, 3.63) is 11.9 Å². The fraction of sp³-hybridized carbons (Fsp3) is 0.750. The first-order chi connectivity index (χ1) is 9.55. The molecule has 0 amide bonds. The second-order valence-corrected chi connectivity index (χ2v) is 6.35. The third kappa shape index (κ3) is 4.09. The van der Waals surface area contributed by atoms with Gasteiger partial charge in [0.25, 0.3) is 0 Å². The minimum Gasteiger partial charge on any atom is -0.370 e. The Labute approximate surface area is 122 Å². The van der Waals surface area contributed by atoms with Gasteiger partial charge >= 0.3 is 0 Å². The van der Waals surface area contributed by atoms with E-state index in [0.29, 0.717) is 0 Å². The molecular weight excluding hydrogens is 248 g/mol. The maximum atomic E-state index is 4.66. The van der Waals surface area contributed by atoms with Gasteiger partial charge in [0.2, 0.25) is 0 Å². The maximum absolute atomic E-state index is 4.66. The minimum absolute atomic E-state index is 0.125. The van der Waals surface area contributed by atoms with Gasteiger partial charge in [-0.1, -0.05) is 13.8 Å². The van der Waals surface area contributed by atoms with E-state index in [9.17, 15) is 0 Å². The summed E-state index contributed by atoms with van der Waals surface area (Å²) in [5.74, 6) is 3.61. The number of hydrogen-bond donors (Lipinski definition) is 2. The van der Waals surface area contributed by atoms with E-state index in [1.807, 2.05) is 6.07 Å². The van der Waals surface area contributed by atoms with Crippen LogP contribution in [0.5, 0.6) is 0 Å². The number of hydrogen-bond acceptors (Lipinski definition) is 4. The van der Waals surface area contributed by atoms with E-state index in [4.69, 9.17) is 0 Å². The maximum Gasteiger partial charge on any atom is 0.133 e. The van der Waals surface area contributed by atoms with Gasteiger partial charge in [-0.3, -0.25) is 0 Å². The van der Waals surface area contributed by atoms with Crippen LogP contribution in [0.15, 0.2) is 6.07 Å². The molecule has 112 valence electrons. The number of anilines is 2. The first-order valence-corrected chi connectivity index (χ1v) is 7.95. The number of nitrogens with zero attached hydrogens (tertiary/aromatic N) is 2. The predicted octanol–water partition coefficient (Wildman–Crippen LogP) is 3.85. The quantitative estimate of drug-likeness (QED) is 0.757. The average Bonchev–Trinajstić information content (AvgIpc) is 3.20. The van der Waals surface area contributed by atoms with Crippen LogP contribution < -0.4 is 10.6 Å². The molecule has 0 radical (unpaired) electrons. The van der Waals surface area contributed by atoms with Crippen LogP contribution in [0, 0.1) is 5.92 Å². The lowest BCUT2D eigenvalue weighted by Gasteiger charge is -2.27. The van der Waals surface area contributed by atoms with Gasteiger partial charge in [-0.2, -0.15) is 0 Å². The second-order valence-electron chi connectivity index (χ2n) is 6.35.